The van der Waals surface area contributed by atoms with Gasteiger partial charge in [0.1, 0.15) is 10.8 Å². The fourth-order valence-corrected chi connectivity index (χ4v) is 3.62. The van der Waals surface area contributed by atoms with E-state index in [1.54, 1.807) is 23.2 Å². The molecule has 27 heavy (non-hydrogen) atoms. The number of aryl methyl sites for hydroxylation is 1. The maximum absolute atomic E-state index is 13.9. The second-order valence-corrected chi connectivity index (χ2v) is 7.40. The van der Waals surface area contributed by atoms with Gasteiger partial charge in [0.15, 0.2) is 0 Å². The molecule has 0 bridgehead atoms. The summed E-state index contributed by atoms with van der Waals surface area (Å²) in [6.45, 7) is 0.973. The predicted molar refractivity (Wildman–Crippen MR) is 107 cm³/mol. The molecule has 3 aromatic rings. The molecule has 1 aromatic heterocycles. The number of carbonyl (C=O) groups excluding carboxylic acids is 1. The summed E-state index contributed by atoms with van der Waals surface area (Å²) in [6, 6.07) is 16.9. The minimum absolute atomic E-state index is 0.0949. The number of amides is 1. The normalized spacial score (nSPS) is 10.7. The molecule has 0 unspecified atom stereocenters. The van der Waals surface area contributed by atoms with Gasteiger partial charge in [0.25, 0.3) is 0 Å². The van der Waals surface area contributed by atoms with Crippen molar-refractivity contribution in [2.45, 2.75) is 32.2 Å². The van der Waals surface area contributed by atoms with Crippen LogP contribution in [0.2, 0.25) is 0 Å². The molecule has 0 radical (unpaired) electrons. The van der Waals surface area contributed by atoms with Crippen LogP contribution in [0.15, 0.2) is 66.2 Å². The van der Waals surface area contributed by atoms with Crippen LogP contribution in [0, 0.1) is 5.82 Å². The molecular weight excluding hydrogens is 359 g/mol. The number of hydrogen-bond donors (Lipinski definition) is 0. The van der Waals surface area contributed by atoms with Crippen molar-refractivity contribution in [3.05, 3.63) is 88.1 Å². The van der Waals surface area contributed by atoms with Crippen molar-refractivity contribution >= 4 is 17.2 Å². The summed E-state index contributed by atoms with van der Waals surface area (Å²) in [4.78, 5) is 18.9. The maximum atomic E-state index is 13.9. The molecule has 0 N–H and O–H groups in total. The molecule has 0 spiro atoms. The van der Waals surface area contributed by atoms with Crippen molar-refractivity contribution in [2.24, 2.45) is 0 Å². The molecule has 0 aliphatic rings. The molecule has 140 valence electrons. The van der Waals surface area contributed by atoms with Gasteiger partial charge in [-0.3, -0.25) is 4.79 Å². The van der Waals surface area contributed by atoms with Gasteiger partial charge in [-0.25, -0.2) is 9.37 Å². The van der Waals surface area contributed by atoms with E-state index in [1.165, 1.54) is 23.0 Å². The maximum Gasteiger partial charge on any atom is 0.222 e. The highest BCUT2D eigenvalue weighted by Crippen LogP contribution is 2.14. The van der Waals surface area contributed by atoms with Gasteiger partial charge in [-0.05, 0) is 36.5 Å². The summed E-state index contributed by atoms with van der Waals surface area (Å²) in [7, 11) is 0. The van der Waals surface area contributed by atoms with Crippen molar-refractivity contribution in [2.75, 3.05) is 6.54 Å². The number of nitrogens with zero attached hydrogens (tertiary/aromatic N) is 2. The Morgan fingerprint density at radius 1 is 1.04 bits per heavy atom. The Bertz CT molecular complexity index is 837. The molecular formula is C22H23FN2OS. The summed E-state index contributed by atoms with van der Waals surface area (Å²) in [6.07, 6.45) is 4.41. The van der Waals surface area contributed by atoms with Gasteiger partial charge in [-0.15, -0.1) is 11.3 Å². The Hall–Kier alpha value is -2.53. The van der Waals surface area contributed by atoms with E-state index in [1.807, 2.05) is 29.6 Å². The number of aromatic nitrogens is 1. The summed E-state index contributed by atoms with van der Waals surface area (Å²) in [5, 5.41) is 2.81. The molecule has 3 rings (SSSR count). The topological polar surface area (TPSA) is 33.2 Å². The molecule has 0 aliphatic carbocycles. The smallest absolute Gasteiger partial charge is 0.222 e. The first kappa shape index (κ1) is 19.2. The van der Waals surface area contributed by atoms with E-state index in [4.69, 9.17) is 0 Å². The lowest BCUT2D eigenvalue weighted by molar-refractivity contribution is -0.131. The number of thiazole rings is 1. The molecule has 5 heteroatoms. The Kier molecular flexibility index (Phi) is 7.11. The standard InChI is InChI=1S/C22H23FN2OS/c23-20-11-5-4-10-19(20)13-15-25(17-21-24-14-16-27-21)22(26)12-6-9-18-7-2-1-3-8-18/h1-5,7-8,10-11,14,16H,6,9,12-13,15,17H2. The summed E-state index contributed by atoms with van der Waals surface area (Å²) < 4.78 is 13.9. The van der Waals surface area contributed by atoms with E-state index in [0.29, 0.717) is 31.5 Å². The third-order valence-electron chi connectivity index (χ3n) is 4.47. The van der Waals surface area contributed by atoms with Crippen LogP contribution in [0.5, 0.6) is 0 Å². The highest BCUT2D eigenvalue weighted by atomic mass is 32.1. The SMILES string of the molecule is O=C(CCCc1ccccc1)N(CCc1ccccc1F)Cc1nccs1. The molecule has 0 aliphatic heterocycles. The molecule has 3 nitrogen and oxygen atoms in total. The second-order valence-electron chi connectivity index (χ2n) is 6.42. The van der Waals surface area contributed by atoms with Gasteiger partial charge in [-0.2, -0.15) is 0 Å². The summed E-state index contributed by atoms with van der Waals surface area (Å²) in [5.74, 6) is -0.124. The number of carbonyl (C=O) groups is 1. The average molecular weight is 383 g/mol. The zero-order valence-corrected chi connectivity index (χ0v) is 16.0. The third-order valence-corrected chi connectivity index (χ3v) is 5.23. The zero-order chi connectivity index (χ0) is 18.9. The first-order valence-electron chi connectivity index (χ1n) is 9.16. The van der Waals surface area contributed by atoms with E-state index in [9.17, 15) is 9.18 Å². The quantitative estimate of drug-likeness (QED) is 0.529. The molecule has 2 aromatic carbocycles. The lowest BCUT2D eigenvalue weighted by atomic mass is 10.1. The van der Waals surface area contributed by atoms with Crippen molar-refractivity contribution in [3.63, 3.8) is 0 Å². The minimum Gasteiger partial charge on any atom is -0.336 e. The summed E-state index contributed by atoms with van der Waals surface area (Å²) in [5.41, 5.74) is 1.88. The van der Waals surface area contributed by atoms with Gasteiger partial charge in [0, 0.05) is 24.5 Å². The number of hydrogen-bond acceptors (Lipinski definition) is 3. The van der Waals surface area contributed by atoms with Crippen LogP contribution in [-0.4, -0.2) is 22.3 Å². The van der Waals surface area contributed by atoms with Gasteiger partial charge in [-0.1, -0.05) is 48.5 Å². The number of halogens is 1. The van der Waals surface area contributed by atoms with Crippen LogP contribution in [0.1, 0.15) is 29.0 Å². The highest BCUT2D eigenvalue weighted by molar-refractivity contribution is 7.09. The van der Waals surface area contributed by atoms with Crippen LogP contribution >= 0.6 is 11.3 Å². The Morgan fingerprint density at radius 2 is 1.81 bits per heavy atom. The van der Waals surface area contributed by atoms with Crippen molar-refractivity contribution in [1.82, 2.24) is 9.88 Å². The van der Waals surface area contributed by atoms with Gasteiger partial charge in [0.2, 0.25) is 5.91 Å². The number of rotatable bonds is 9. The van der Waals surface area contributed by atoms with Gasteiger partial charge in [0.05, 0.1) is 6.54 Å². The van der Waals surface area contributed by atoms with Crippen molar-refractivity contribution in [3.8, 4) is 0 Å². The summed E-state index contributed by atoms with van der Waals surface area (Å²) >= 11 is 1.54. The first-order valence-corrected chi connectivity index (χ1v) is 10.0. The fraction of sp³-hybridized carbons (Fsp3) is 0.273. The molecule has 0 saturated heterocycles. The van der Waals surface area contributed by atoms with E-state index < -0.39 is 0 Å². The van der Waals surface area contributed by atoms with Crippen LogP contribution in [-0.2, 0) is 24.2 Å². The average Bonchev–Trinajstić information content (AvgIpc) is 3.20. The van der Waals surface area contributed by atoms with Crippen LogP contribution in [0.25, 0.3) is 0 Å². The molecule has 0 saturated carbocycles. The van der Waals surface area contributed by atoms with E-state index >= 15 is 0 Å². The van der Waals surface area contributed by atoms with E-state index in [-0.39, 0.29) is 11.7 Å². The fourth-order valence-electron chi connectivity index (χ4n) is 2.99. The Balaban J connectivity index is 1.58. The third kappa shape index (κ3) is 6.00. The lowest BCUT2D eigenvalue weighted by Gasteiger charge is -2.22. The van der Waals surface area contributed by atoms with Crippen molar-refractivity contribution < 1.29 is 9.18 Å². The zero-order valence-electron chi connectivity index (χ0n) is 15.2. The largest absolute Gasteiger partial charge is 0.336 e. The Morgan fingerprint density at radius 3 is 2.56 bits per heavy atom. The first-order chi connectivity index (χ1) is 13.2. The predicted octanol–water partition coefficient (Wildman–Crippen LogP) is 4.88. The van der Waals surface area contributed by atoms with Crippen LogP contribution in [0.4, 0.5) is 4.39 Å². The van der Waals surface area contributed by atoms with E-state index in [0.717, 1.165) is 17.8 Å². The number of benzene rings is 2. The second kappa shape index (κ2) is 9.97. The monoisotopic (exact) mass is 382 g/mol. The molecule has 0 atom stereocenters. The molecule has 1 heterocycles. The minimum atomic E-state index is -0.219. The lowest BCUT2D eigenvalue weighted by Crippen LogP contribution is -2.32. The van der Waals surface area contributed by atoms with Gasteiger partial charge < -0.3 is 4.90 Å². The van der Waals surface area contributed by atoms with E-state index in [2.05, 4.69) is 17.1 Å². The molecule has 1 amide bonds. The van der Waals surface area contributed by atoms with Gasteiger partial charge >= 0.3 is 0 Å². The highest BCUT2D eigenvalue weighted by Gasteiger charge is 2.16. The Labute approximate surface area is 163 Å². The van der Waals surface area contributed by atoms with Crippen molar-refractivity contribution in [1.29, 1.82) is 0 Å². The van der Waals surface area contributed by atoms with Crippen LogP contribution in [0.3, 0.4) is 0 Å². The van der Waals surface area contributed by atoms with Crippen LogP contribution < -0.4 is 0 Å². The molecule has 0 fully saturated rings.